The molecular weight excluding hydrogens is 338 g/mol. The van der Waals surface area contributed by atoms with Crippen LogP contribution < -0.4 is 10.6 Å². The number of H-pyrrole nitrogens is 1. The fourth-order valence-corrected chi connectivity index (χ4v) is 2.86. The van der Waals surface area contributed by atoms with Gasteiger partial charge in [0.2, 0.25) is 5.91 Å². The van der Waals surface area contributed by atoms with Crippen LogP contribution in [0.4, 0.5) is 11.5 Å². The van der Waals surface area contributed by atoms with E-state index in [0.717, 1.165) is 33.7 Å². The summed E-state index contributed by atoms with van der Waals surface area (Å²) in [6.07, 6.45) is 3.71. The zero-order valence-electron chi connectivity index (χ0n) is 14.6. The first-order valence-electron chi connectivity index (χ1n) is 8.72. The summed E-state index contributed by atoms with van der Waals surface area (Å²) in [4.78, 5) is 23.7. The van der Waals surface area contributed by atoms with Crippen molar-refractivity contribution in [3.63, 3.8) is 0 Å². The summed E-state index contributed by atoms with van der Waals surface area (Å²) in [7, 11) is 0. The lowest BCUT2D eigenvalue weighted by Gasteiger charge is -2.08. The molecule has 2 aromatic carbocycles. The van der Waals surface area contributed by atoms with Crippen molar-refractivity contribution in [3.8, 4) is 0 Å². The van der Waals surface area contributed by atoms with Crippen LogP contribution in [0, 0.1) is 0 Å². The Morgan fingerprint density at radius 2 is 1.74 bits per heavy atom. The minimum absolute atomic E-state index is 0.00407. The molecule has 0 fully saturated rings. The molecule has 3 N–H and O–H groups in total. The summed E-state index contributed by atoms with van der Waals surface area (Å²) in [5.74, 6) is 0.749. The predicted octanol–water partition coefficient (Wildman–Crippen LogP) is 3.56. The van der Waals surface area contributed by atoms with Crippen molar-refractivity contribution in [2.24, 2.45) is 0 Å². The Morgan fingerprint density at radius 3 is 2.56 bits per heavy atom. The second-order valence-electron chi connectivity index (χ2n) is 6.22. The number of carbonyl (C=O) groups excluding carboxylic acids is 1. The molecule has 0 aliphatic heterocycles. The number of rotatable bonds is 6. The molecule has 6 nitrogen and oxygen atoms in total. The summed E-state index contributed by atoms with van der Waals surface area (Å²) in [6, 6.07) is 19.6. The molecule has 134 valence electrons. The van der Waals surface area contributed by atoms with Crippen LogP contribution in [0.1, 0.15) is 11.1 Å². The van der Waals surface area contributed by atoms with E-state index >= 15 is 0 Å². The summed E-state index contributed by atoms with van der Waals surface area (Å²) < 4.78 is 0. The van der Waals surface area contributed by atoms with Gasteiger partial charge in [-0.3, -0.25) is 4.79 Å². The fourth-order valence-electron chi connectivity index (χ4n) is 2.86. The number of hydrogen-bond acceptors (Lipinski definition) is 4. The number of hydrogen-bond donors (Lipinski definition) is 3. The maximum Gasteiger partial charge on any atom is 0.224 e. The molecule has 4 aromatic rings. The molecule has 2 aromatic heterocycles. The van der Waals surface area contributed by atoms with Crippen LogP contribution in [0.5, 0.6) is 0 Å². The first kappa shape index (κ1) is 16.8. The molecule has 0 bridgehead atoms. The quantitative estimate of drug-likeness (QED) is 0.493. The molecule has 0 aliphatic carbocycles. The van der Waals surface area contributed by atoms with E-state index in [1.54, 1.807) is 0 Å². The molecule has 0 radical (unpaired) electrons. The molecule has 0 unspecified atom stereocenters. The molecule has 0 saturated carbocycles. The summed E-state index contributed by atoms with van der Waals surface area (Å²) in [5, 5.41) is 7.16. The number of fused-ring (bicyclic) bond motifs is 1. The second kappa shape index (κ2) is 7.70. The van der Waals surface area contributed by atoms with E-state index in [1.807, 2.05) is 66.9 Å². The lowest BCUT2D eigenvalue weighted by Crippen LogP contribution is -2.24. The Kier molecular flexibility index (Phi) is 4.78. The van der Waals surface area contributed by atoms with Crippen molar-refractivity contribution < 1.29 is 4.79 Å². The highest BCUT2D eigenvalue weighted by molar-refractivity contribution is 5.88. The topological polar surface area (TPSA) is 82.7 Å². The standard InChI is InChI=1S/C21H19N5O/c27-19(23-13-16-4-2-1-3-5-16)12-15-6-8-17(9-7-15)26-21-18-10-11-22-20(18)24-14-25-21/h1-11,14H,12-13H2,(H,23,27)(H2,22,24,25,26). The van der Waals surface area contributed by atoms with Crippen LogP contribution in [0.15, 0.2) is 73.2 Å². The van der Waals surface area contributed by atoms with Gasteiger partial charge in [-0.1, -0.05) is 42.5 Å². The number of nitrogens with zero attached hydrogens (tertiary/aromatic N) is 2. The van der Waals surface area contributed by atoms with Gasteiger partial charge in [0.05, 0.1) is 11.8 Å². The van der Waals surface area contributed by atoms with Gasteiger partial charge < -0.3 is 15.6 Å². The zero-order chi connectivity index (χ0) is 18.5. The van der Waals surface area contributed by atoms with Gasteiger partial charge >= 0.3 is 0 Å². The van der Waals surface area contributed by atoms with Crippen LogP contribution in [-0.2, 0) is 17.8 Å². The van der Waals surface area contributed by atoms with Crippen LogP contribution in [0.25, 0.3) is 11.0 Å². The van der Waals surface area contributed by atoms with E-state index in [9.17, 15) is 4.79 Å². The van der Waals surface area contributed by atoms with Crippen LogP contribution >= 0.6 is 0 Å². The van der Waals surface area contributed by atoms with Gasteiger partial charge in [0.25, 0.3) is 0 Å². The molecule has 1 amide bonds. The second-order valence-corrected chi connectivity index (χ2v) is 6.22. The Balaban J connectivity index is 1.36. The average Bonchev–Trinajstić information content (AvgIpc) is 3.19. The summed E-state index contributed by atoms with van der Waals surface area (Å²) >= 11 is 0. The molecule has 27 heavy (non-hydrogen) atoms. The van der Waals surface area contributed by atoms with E-state index < -0.39 is 0 Å². The number of nitrogens with one attached hydrogen (secondary N) is 3. The Hall–Kier alpha value is -3.67. The van der Waals surface area contributed by atoms with Gasteiger partial charge in [-0.05, 0) is 29.3 Å². The highest BCUT2D eigenvalue weighted by Gasteiger charge is 2.06. The first-order chi connectivity index (χ1) is 13.3. The highest BCUT2D eigenvalue weighted by Crippen LogP contribution is 2.22. The minimum atomic E-state index is 0.00407. The molecule has 0 saturated heterocycles. The third-order valence-electron chi connectivity index (χ3n) is 4.27. The molecule has 0 aliphatic rings. The van der Waals surface area contributed by atoms with E-state index in [0.29, 0.717) is 13.0 Å². The van der Waals surface area contributed by atoms with Crippen LogP contribution in [0.3, 0.4) is 0 Å². The average molecular weight is 357 g/mol. The number of benzene rings is 2. The third-order valence-corrected chi connectivity index (χ3v) is 4.27. The molecular formula is C21H19N5O. The highest BCUT2D eigenvalue weighted by atomic mass is 16.1. The van der Waals surface area contributed by atoms with Gasteiger partial charge in [0.1, 0.15) is 17.8 Å². The predicted molar refractivity (Wildman–Crippen MR) is 106 cm³/mol. The molecule has 0 spiro atoms. The lowest BCUT2D eigenvalue weighted by molar-refractivity contribution is -0.120. The maximum atomic E-state index is 12.1. The van der Waals surface area contributed by atoms with Gasteiger partial charge in [-0.15, -0.1) is 0 Å². The third kappa shape index (κ3) is 4.12. The van der Waals surface area contributed by atoms with E-state index in [2.05, 4.69) is 25.6 Å². The van der Waals surface area contributed by atoms with Crippen LogP contribution in [-0.4, -0.2) is 20.9 Å². The van der Waals surface area contributed by atoms with Crippen molar-refractivity contribution in [1.29, 1.82) is 0 Å². The van der Waals surface area contributed by atoms with Gasteiger partial charge in [-0.2, -0.15) is 0 Å². The number of aromatic amines is 1. The monoisotopic (exact) mass is 357 g/mol. The Morgan fingerprint density at radius 1 is 0.926 bits per heavy atom. The largest absolute Gasteiger partial charge is 0.352 e. The SMILES string of the molecule is O=C(Cc1ccc(Nc2ncnc3[nH]ccc23)cc1)NCc1ccccc1. The lowest BCUT2D eigenvalue weighted by atomic mass is 10.1. The number of anilines is 2. The maximum absolute atomic E-state index is 12.1. The number of carbonyl (C=O) groups is 1. The molecule has 0 atom stereocenters. The van der Waals surface area contributed by atoms with Gasteiger partial charge in [-0.25, -0.2) is 9.97 Å². The normalized spacial score (nSPS) is 10.7. The summed E-state index contributed by atoms with van der Waals surface area (Å²) in [5.41, 5.74) is 3.75. The van der Waals surface area contributed by atoms with Crippen molar-refractivity contribution in [1.82, 2.24) is 20.3 Å². The smallest absolute Gasteiger partial charge is 0.224 e. The number of amides is 1. The number of aromatic nitrogens is 3. The van der Waals surface area contributed by atoms with Gasteiger partial charge in [0, 0.05) is 18.4 Å². The van der Waals surface area contributed by atoms with Crippen molar-refractivity contribution in [3.05, 3.63) is 84.3 Å². The zero-order valence-corrected chi connectivity index (χ0v) is 14.6. The van der Waals surface area contributed by atoms with Crippen molar-refractivity contribution in [2.45, 2.75) is 13.0 Å². The molecule has 6 heteroatoms. The Bertz CT molecular complexity index is 1040. The summed E-state index contributed by atoms with van der Waals surface area (Å²) in [6.45, 7) is 0.541. The first-order valence-corrected chi connectivity index (χ1v) is 8.72. The van der Waals surface area contributed by atoms with Crippen LogP contribution in [0.2, 0.25) is 0 Å². The molecule has 4 rings (SSSR count). The van der Waals surface area contributed by atoms with Crippen molar-refractivity contribution >= 4 is 28.4 Å². The fraction of sp³-hybridized carbons (Fsp3) is 0.0952. The van der Waals surface area contributed by atoms with E-state index in [1.165, 1.54) is 6.33 Å². The minimum Gasteiger partial charge on any atom is -0.352 e. The van der Waals surface area contributed by atoms with Gasteiger partial charge in [0.15, 0.2) is 0 Å². The van der Waals surface area contributed by atoms with E-state index in [4.69, 9.17) is 0 Å². The molecule has 2 heterocycles. The Labute approximate surface area is 156 Å². The van der Waals surface area contributed by atoms with E-state index in [-0.39, 0.29) is 5.91 Å². The van der Waals surface area contributed by atoms with Crippen molar-refractivity contribution in [2.75, 3.05) is 5.32 Å².